The van der Waals surface area contributed by atoms with Crippen LogP contribution in [-0.4, -0.2) is 41.6 Å². The molecule has 0 radical (unpaired) electrons. The van der Waals surface area contributed by atoms with Gasteiger partial charge in [0, 0.05) is 25.8 Å². The number of aryl methyl sites for hydroxylation is 1. The number of hydrogen-bond acceptors (Lipinski definition) is 3. The molecule has 0 saturated carbocycles. The molecule has 4 nitrogen and oxygen atoms in total. The summed E-state index contributed by atoms with van der Waals surface area (Å²) in [6.07, 6.45) is 0. The molecule has 1 heterocycles. The van der Waals surface area contributed by atoms with Crippen molar-refractivity contribution in [3.8, 4) is 0 Å². The molecule has 0 amide bonds. The van der Waals surface area contributed by atoms with Gasteiger partial charge >= 0.3 is 0 Å². The van der Waals surface area contributed by atoms with Crippen molar-refractivity contribution in [1.82, 2.24) is 19.8 Å². The van der Waals surface area contributed by atoms with E-state index in [-0.39, 0.29) is 0 Å². The highest BCUT2D eigenvalue weighted by atomic mass is 15.1. The fourth-order valence-corrected chi connectivity index (χ4v) is 1.45. The number of likely N-dealkylation sites (N-methyl/N-ethyl adjacent to an activating group) is 1. The van der Waals surface area contributed by atoms with Crippen molar-refractivity contribution >= 4 is 0 Å². The van der Waals surface area contributed by atoms with Crippen molar-refractivity contribution < 1.29 is 0 Å². The molecule has 1 N–H and O–H groups in total. The van der Waals surface area contributed by atoms with Gasteiger partial charge in [-0.1, -0.05) is 0 Å². The Hall–Kier alpha value is -0.870. The number of nitrogens with one attached hydrogen (secondary N) is 1. The third kappa shape index (κ3) is 3.32. The quantitative estimate of drug-likeness (QED) is 0.726. The summed E-state index contributed by atoms with van der Waals surface area (Å²) in [4.78, 5) is 6.68. The van der Waals surface area contributed by atoms with Gasteiger partial charge in [-0.2, -0.15) is 0 Å². The first-order chi connectivity index (χ1) is 7.02. The number of nitrogens with zero attached hydrogens (tertiary/aromatic N) is 3. The van der Waals surface area contributed by atoms with Crippen LogP contribution in [0.5, 0.6) is 0 Å². The number of rotatable bonds is 5. The summed E-state index contributed by atoms with van der Waals surface area (Å²) >= 11 is 0. The normalized spacial score (nSPS) is 11.3. The molecule has 0 atom stereocenters. The maximum atomic E-state index is 4.51. The smallest absolute Gasteiger partial charge is 0.122 e. The fraction of sp³-hybridized carbons (Fsp3) is 0.727. The van der Waals surface area contributed by atoms with Gasteiger partial charge in [-0.25, -0.2) is 4.98 Å². The van der Waals surface area contributed by atoms with Crippen LogP contribution in [-0.2, 0) is 13.6 Å². The maximum Gasteiger partial charge on any atom is 0.122 e. The van der Waals surface area contributed by atoms with Gasteiger partial charge in [0.05, 0.1) is 12.2 Å². The predicted octanol–water partition coefficient (Wildman–Crippen LogP) is 0.688. The van der Waals surface area contributed by atoms with E-state index in [1.807, 2.05) is 0 Å². The summed E-state index contributed by atoms with van der Waals surface area (Å²) < 4.78 is 2.15. The van der Waals surface area contributed by atoms with E-state index in [9.17, 15) is 0 Å². The average Bonchev–Trinajstić information content (AvgIpc) is 2.41. The topological polar surface area (TPSA) is 33.1 Å². The Bertz CT molecular complexity index is 315. The van der Waals surface area contributed by atoms with Crippen molar-refractivity contribution in [3.63, 3.8) is 0 Å². The molecule has 4 heteroatoms. The van der Waals surface area contributed by atoms with Gasteiger partial charge in [-0.3, -0.25) is 0 Å². The molecule has 0 bridgehead atoms. The lowest BCUT2D eigenvalue weighted by Gasteiger charge is -2.10. The van der Waals surface area contributed by atoms with Gasteiger partial charge in [0.2, 0.25) is 0 Å². The molecule has 0 spiro atoms. The lowest BCUT2D eigenvalue weighted by atomic mass is 10.4. The van der Waals surface area contributed by atoms with E-state index in [4.69, 9.17) is 0 Å². The second kappa shape index (κ2) is 5.28. The molecule has 86 valence electrons. The van der Waals surface area contributed by atoms with Gasteiger partial charge in [-0.05, 0) is 27.9 Å². The van der Waals surface area contributed by atoms with E-state index in [0.29, 0.717) is 0 Å². The maximum absolute atomic E-state index is 4.51. The molecule has 0 aliphatic carbocycles. The molecular formula is C11H22N4. The molecule has 1 aromatic heterocycles. The molecule has 0 aromatic carbocycles. The van der Waals surface area contributed by atoms with Crippen molar-refractivity contribution in [3.05, 3.63) is 17.2 Å². The molecule has 0 saturated heterocycles. The molecule has 0 fully saturated rings. The zero-order valence-corrected chi connectivity index (χ0v) is 10.5. The van der Waals surface area contributed by atoms with Crippen LogP contribution in [0.2, 0.25) is 0 Å². The first kappa shape index (κ1) is 12.2. The monoisotopic (exact) mass is 210 g/mol. The molecule has 15 heavy (non-hydrogen) atoms. The van der Waals surface area contributed by atoms with E-state index in [0.717, 1.165) is 31.2 Å². The SMILES string of the molecule is Cc1nc(CNCCN(C)C)n(C)c1C. The van der Waals surface area contributed by atoms with Gasteiger partial charge in [0.25, 0.3) is 0 Å². The third-order valence-electron chi connectivity index (χ3n) is 2.73. The van der Waals surface area contributed by atoms with Crippen LogP contribution in [0.4, 0.5) is 0 Å². The second-order valence-electron chi connectivity index (χ2n) is 4.24. The van der Waals surface area contributed by atoms with Crippen LogP contribution in [0.25, 0.3) is 0 Å². The van der Waals surface area contributed by atoms with Gasteiger partial charge in [0.1, 0.15) is 5.82 Å². The van der Waals surface area contributed by atoms with Crippen molar-refractivity contribution in [2.75, 3.05) is 27.2 Å². The largest absolute Gasteiger partial charge is 0.334 e. The number of hydrogen-bond donors (Lipinski definition) is 1. The van der Waals surface area contributed by atoms with Crippen LogP contribution in [0.15, 0.2) is 0 Å². The summed E-state index contributed by atoms with van der Waals surface area (Å²) in [7, 11) is 6.23. The highest BCUT2D eigenvalue weighted by molar-refractivity contribution is 5.13. The van der Waals surface area contributed by atoms with E-state index in [1.54, 1.807) is 0 Å². The van der Waals surface area contributed by atoms with Crippen molar-refractivity contribution in [2.45, 2.75) is 20.4 Å². The van der Waals surface area contributed by atoms with Crippen molar-refractivity contribution in [1.29, 1.82) is 0 Å². The zero-order valence-electron chi connectivity index (χ0n) is 10.5. The molecule has 0 unspecified atom stereocenters. The fourth-order valence-electron chi connectivity index (χ4n) is 1.45. The minimum Gasteiger partial charge on any atom is -0.334 e. The second-order valence-corrected chi connectivity index (χ2v) is 4.24. The van der Waals surface area contributed by atoms with E-state index < -0.39 is 0 Å². The molecule has 0 aliphatic rings. The summed E-state index contributed by atoms with van der Waals surface area (Å²) in [5, 5.41) is 3.39. The Kier molecular flexibility index (Phi) is 4.29. The van der Waals surface area contributed by atoms with Crippen LogP contribution in [0, 0.1) is 13.8 Å². The highest BCUT2D eigenvalue weighted by Gasteiger charge is 2.06. The van der Waals surface area contributed by atoms with E-state index in [2.05, 4.69) is 54.8 Å². The number of imidazole rings is 1. The van der Waals surface area contributed by atoms with Gasteiger partial charge in [-0.15, -0.1) is 0 Å². The Morgan fingerprint density at radius 2 is 2.00 bits per heavy atom. The Balaban J connectivity index is 2.41. The van der Waals surface area contributed by atoms with Crippen LogP contribution in [0.3, 0.4) is 0 Å². The lowest BCUT2D eigenvalue weighted by Crippen LogP contribution is -2.27. The molecule has 1 rings (SSSR count). The molecular weight excluding hydrogens is 188 g/mol. The summed E-state index contributed by atoms with van der Waals surface area (Å²) in [6, 6.07) is 0. The number of aromatic nitrogens is 2. The first-order valence-electron chi connectivity index (χ1n) is 5.36. The highest BCUT2D eigenvalue weighted by Crippen LogP contribution is 2.06. The van der Waals surface area contributed by atoms with Crippen molar-refractivity contribution in [2.24, 2.45) is 7.05 Å². The third-order valence-corrected chi connectivity index (χ3v) is 2.73. The van der Waals surface area contributed by atoms with Gasteiger partial charge in [0.15, 0.2) is 0 Å². The van der Waals surface area contributed by atoms with E-state index >= 15 is 0 Å². The standard InChI is InChI=1S/C11H22N4/c1-9-10(2)15(5)11(13-9)8-12-6-7-14(3)4/h12H,6-8H2,1-5H3. The lowest BCUT2D eigenvalue weighted by molar-refractivity contribution is 0.398. The Morgan fingerprint density at radius 3 is 2.47 bits per heavy atom. The summed E-state index contributed by atoms with van der Waals surface area (Å²) in [5.74, 6) is 1.11. The van der Waals surface area contributed by atoms with E-state index in [1.165, 1.54) is 5.69 Å². The predicted molar refractivity (Wildman–Crippen MR) is 62.9 cm³/mol. The minimum atomic E-state index is 0.846. The minimum absolute atomic E-state index is 0.846. The average molecular weight is 210 g/mol. The summed E-state index contributed by atoms with van der Waals surface area (Å²) in [5.41, 5.74) is 2.38. The first-order valence-corrected chi connectivity index (χ1v) is 5.36. The van der Waals surface area contributed by atoms with Gasteiger partial charge < -0.3 is 14.8 Å². The zero-order chi connectivity index (χ0) is 11.4. The molecule has 0 aliphatic heterocycles. The molecule has 1 aromatic rings. The Labute approximate surface area is 92.3 Å². The Morgan fingerprint density at radius 1 is 1.33 bits per heavy atom. The summed E-state index contributed by atoms with van der Waals surface area (Å²) in [6.45, 7) is 7.06. The van der Waals surface area contributed by atoms with Crippen LogP contribution < -0.4 is 5.32 Å². The van der Waals surface area contributed by atoms with Crippen LogP contribution in [0.1, 0.15) is 17.2 Å². The van der Waals surface area contributed by atoms with Crippen LogP contribution >= 0.6 is 0 Å².